The molecule has 0 aromatic rings. The molecule has 0 saturated carbocycles. The molecule has 1 saturated heterocycles. The van der Waals surface area contributed by atoms with Crippen molar-refractivity contribution in [2.24, 2.45) is 11.8 Å². The lowest BCUT2D eigenvalue weighted by Crippen LogP contribution is -2.63. The quantitative estimate of drug-likeness (QED) is 0.743. The standard InChI is InChI=1S/C12H17NO4S/c1-4-6-8-7(5(2)14)11(15)13(8)9(12(16)17)10(6)18-3/h5-8,14H,4H2,1-3H3,(H,16,17)/t5-,6-,7-,8-/m1/s1. The van der Waals surface area contributed by atoms with Crippen molar-refractivity contribution in [3.8, 4) is 0 Å². The molecule has 0 aromatic carbocycles. The Labute approximate surface area is 110 Å². The molecule has 5 nitrogen and oxygen atoms in total. The molecule has 0 unspecified atom stereocenters. The van der Waals surface area contributed by atoms with Crippen molar-refractivity contribution < 1.29 is 19.8 Å². The molecule has 0 bridgehead atoms. The predicted molar refractivity (Wildman–Crippen MR) is 67.8 cm³/mol. The number of aliphatic hydroxyl groups is 1. The van der Waals surface area contributed by atoms with Crippen molar-refractivity contribution in [1.29, 1.82) is 0 Å². The first-order valence-electron chi connectivity index (χ1n) is 5.98. The number of hydrogen-bond donors (Lipinski definition) is 2. The average molecular weight is 271 g/mol. The van der Waals surface area contributed by atoms with E-state index >= 15 is 0 Å². The Morgan fingerprint density at radius 2 is 2.17 bits per heavy atom. The lowest BCUT2D eigenvalue weighted by atomic mass is 9.77. The third-order valence-electron chi connectivity index (χ3n) is 3.79. The Kier molecular flexibility index (Phi) is 3.42. The molecule has 18 heavy (non-hydrogen) atoms. The van der Waals surface area contributed by atoms with E-state index in [-0.39, 0.29) is 23.6 Å². The van der Waals surface area contributed by atoms with Gasteiger partial charge in [0.25, 0.3) is 0 Å². The summed E-state index contributed by atoms with van der Waals surface area (Å²) >= 11 is 1.39. The number of nitrogens with zero attached hydrogens (tertiary/aromatic N) is 1. The Hall–Kier alpha value is -1.01. The number of carboxylic acids is 1. The molecule has 1 fully saturated rings. The first kappa shape index (κ1) is 13.4. The lowest BCUT2D eigenvalue weighted by molar-refractivity contribution is -0.163. The number of carbonyl (C=O) groups excluding carboxylic acids is 1. The fourth-order valence-corrected chi connectivity index (χ4v) is 4.03. The number of hydrogen-bond acceptors (Lipinski definition) is 4. The van der Waals surface area contributed by atoms with Gasteiger partial charge in [-0.2, -0.15) is 0 Å². The van der Waals surface area contributed by atoms with Crippen LogP contribution in [0, 0.1) is 11.8 Å². The van der Waals surface area contributed by atoms with Crippen LogP contribution in [0.3, 0.4) is 0 Å². The fraction of sp³-hybridized carbons (Fsp3) is 0.667. The van der Waals surface area contributed by atoms with Gasteiger partial charge in [-0.05, 0) is 19.6 Å². The summed E-state index contributed by atoms with van der Waals surface area (Å²) < 4.78 is 0. The number of amides is 1. The summed E-state index contributed by atoms with van der Waals surface area (Å²) in [5.74, 6) is -1.76. The minimum atomic E-state index is -1.06. The second-order valence-electron chi connectivity index (χ2n) is 4.70. The van der Waals surface area contributed by atoms with Gasteiger partial charge in [-0.3, -0.25) is 4.79 Å². The Morgan fingerprint density at radius 3 is 2.56 bits per heavy atom. The normalized spacial score (nSPS) is 32.3. The van der Waals surface area contributed by atoms with Gasteiger partial charge >= 0.3 is 5.97 Å². The molecule has 6 heteroatoms. The summed E-state index contributed by atoms with van der Waals surface area (Å²) in [5, 5.41) is 18.9. The van der Waals surface area contributed by atoms with Crippen LogP contribution < -0.4 is 0 Å². The maximum atomic E-state index is 12.0. The number of β-lactam (4-membered cyclic amide) rings is 1. The van der Waals surface area contributed by atoms with Gasteiger partial charge in [0, 0.05) is 10.8 Å². The minimum Gasteiger partial charge on any atom is -0.477 e. The maximum Gasteiger partial charge on any atom is 0.353 e. The first-order valence-corrected chi connectivity index (χ1v) is 7.20. The number of fused-ring (bicyclic) bond motifs is 1. The largest absolute Gasteiger partial charge is 0.477 e. The molecule has 0 aromatic heterocycles. The molecule has 0 aliphatic carbocycles. The molecule has 0 spiro atoms. The van der Waals surface area contributed by atoms with E-state index in [4.69, 9.17) is 0 Å². The van der Waals surface area contributed by atoms with Crippen LogP contribution in [0.25, 0.3) is 0 Å². The number of rotatable bonds is 4. The van der Waals surface area contributed by atoms with Gasteiger partial charge in [0.15, 0.2) is 0 Å². The van der Waals surface area contributed by atoms with E-state index in [2.05, 4.69) is 0 Å². The van der Waals surface area contributed by atoms with Crippen LogP contribution in [-0.2, 0) is 9.59 Å². The zero-order chi connectivity index (χ0) is 13.6. The van der Waals surface area contributed by atoms with Gasteiger partial charge in [0.1, 0.15) is 5.70 Å². The molecule has 2 aliphatic rings. The van der Waals surface area contributed by atoms with Crippen LogP contribution in [0.15, 0.2) is 10.6 Å². The first-order chi connectivity index (χ1) is 8.45. The highest BCUT2D eigenvalue weighted by Crippen LogP contribution is 2.51. The van der Waals surface area contributed by atoms with Crippen molar-refractivity contribution in [2.75, 3.05) is 6.26 Å². The zero-order valence-corrected chi connectivity index (χ0v) is 11.4. The number of thioether (sulfide) groups is 1. The minimum absolute atomic E-state index is 0.0309. The van der Waals surface area contributed by atoms with Crippen LogP contribution in [0.2, 0.25) is 0 Å². The van der Waals surface area contributed by atoms with Crippen LogP contribution in [0.5, 0.6) is 0 Å². The number of aliphatic carboxylic acids is 1. The third-order valence-corrected chi connectivity index (χ3v) is 4.73. The predicted octanol–water partition coefficient (Wildman–Crippen LogP) is 0.893. The van der Waals surface area contributed by atoms with Gasteiger partial charge in [-0.1, -0.05) is 6.92 Å². The molecule has 1 amide bonds. The van der Waals surface area contributed by atoms with Crippen molar-refractivity contribution in [1.82, 2.24) is 4.90 Å². The summed E-state index contributed by atoms with van der Waals surface area (Å²) in [7, 11) is 0. The van der Waals surface area contributed by atoms with Crippen LogP contribution in [-0.4, -0.2) is 45.4 Å². The van der Waals surface area contributed by atoms with Gasteiger partial charge in [0.05, 0.1) is 18.1 Å². The van der Waals surface area contributed by atoms with E-state index < -0.39 is 18.0 Å². The van der Waals surface area contributed by atoms with Crippen LogP contribution >= 0.6 is 11.8 Å². The SMILES string of the molecule is CC[C@H]1C(SC)=C(C(=O)O)N2C(=O)[C@H]([C@@H](C)O)[C@@H]12. The number of aliphatic hydroxyl groups excluding tert-OH is 1. The smallest absolute Gasteiger partial charge is 0.353 e. The zero-order valence-electron chi connectivity index (χ0n) is 10.6. The number of carbonyl (C=O) groups is 2. The van der Waals surface area contributed by atoms with Crippen molar-refractivity contribution in [3.63, 3.8) is 0 Å². The van der Waals surface area contributed by atoms with Crippen LogP contribution in [0.4, 0.5) is 0 Å². The van der Waals surface area contributed by atoms with Crippen molar-refractivity contribution in [3.05, 3.63) is 10.6 Å². The van der Waals surface area contributed by atoms with E-state index in [0.29, 0.717) is 0 Å². The summed E-state index contributed by atoms with van der Waals surface area (Å²) in [4.78, 5) is 25.4. The molecular weight excluding hydrogens is 254 g/mol. The Balaban J connectivity index is 2.42. The highest BCUT2D eigenvalue weighted by atomic mass is 32.2. The highest BCUT2D eigenvalue weighted by molar-refractivity contribution is 8.02. The van der Waals surface area contributed by atoms with E-state index in [1.54, 1.807) is 6.92 Å². The topological polar surface area (TPSA) is 77.8 Å². The second-order valence-corrected chi connectivity index (χ2v) is 5.55. The summed E-state index contributed by atoms with van der Waals surface area (Å²) in [6, 6.07) is -0.184. The van der Waals surface area contributed by atoms with Crippen LogP contribution in [0.1, 0.15) is 20.3 Å². The summed E-state index contributed by atoms with van der Waals surface area (Å²) in [5.41, 5.74) is 0.112. The fourth-order valence-electron chi connectivity index (χ4n) is 3.05. The van der Waals surface area contributed by atoms with Crippen molar-refractivity contribution in [2.45, 2.75) is 32.4 Å². The summed E-state index contributed by atoms with van der Waals surface area (Å²) in [6.45, 7) is 3.57. The molecule has 2 aliphatic heterocycles. The molecule has 2 N–H and O–H groups in total. The third kappa shape index (κ3) is 1.59. The van der Waals surface area contributed by atoms with Gasteiger partial charge in [-0.25, -0.2) is 4.79 Å². The maximum absolute atomic E-state index is 12.0. The monoisotopic (exact) mass is 271 g/mol. The van der Waals surface area contributed by atoms with E-state index in [1.807, 2.05) is 13.2 Å². The average Bonchev–Trinajstić information content (AvgIpc) is 2.58. The van der Waals surface area contributed by atoms with E-state index in [1.165, 1.54) is 16.7 Å². The van der Waals surface area contributed by atoms with Gasteiger partial charge in [0.2, 0.25) is 5.91 Å². The molecule has 4 atom stereocenters. The molecule has 2 rings (SSSR count). The molecular formula is C12H17NO4S. The molecule has 0 radical (unpaired) electrons. The van der Waals surface area contributed by atoms with Gasteiger partial charge in [-0.15, -0.1) is 11.8 Å². The molecule has 100 valence electrons. The molecule has 2 heterocycles. The Bertz CT molecular complexity index is 432. The van der Waals surface area contributed by atoms with E-state index in [9.17, 15) is 19.8 Å². The lowest BCUT2D eigenvalue weighted by Gasteiger charge is -2.46. The van der Waals surface area contributed by atoms with Gasteiger partial charge < -0.3 is 15.1 Å². The summed E-state index contributed by atoms with van der Waals surface area (Å²) in [6.07, 6.45) is 1.86. The Morgan fingerprint density at radius 1 is 1.56 bits per heavy atom. The van der Waals surface area contributed by atoms with Crippen molar-refractivity contribution >= 4 is 23.6 Å². The highest BCUT2D eigenvalue weighted by Gasteiger charge is 2.60. The number of carboxylic acid groups (broad SMARTS) is 1. The van der Waals surface area contributed by atoms with E-state index in [0.717, 1.165) is 11.3 Å². The second kappa shape index (κ2) is 4.59.